The molecule has 2 amide bonds. The maximum absolute atomic E-state index is 13.1. The van der Waals surface area contributed by atoms with Gasteiger partial charge in [-0.15, -0.1) is 0 Å². The maximum Gasteiger partial charge on any atom is 0.408 e. The molecule has 1 aliphatic heterocycles. The van der Waals surface area contributed by atoms with Crippen molar-refractivity contribution in [2.75, 3.05) is 13.1 Å². The van der Waals surface area contributed by atoms with Gasteiger partial charge in [-0.3, -0.25) is 4.79 Å². The van der Waals surface area contributed by atoms with Crippen LogP contribution in [0.4, 0.5) is 4.79 Å². The summed E-state index contributed by atoms with van der Waals surface area (Å²) in [5.41, 5.74) is 0.315. The molecule has 1 saturated carbocycles. The van der Waals surface area contributed by atoms with Crippen molar-refractivity contribution in [3.05, 3.63) is 34.9 Å². The number of amides is 2. The van der Waals surface area contributed by atoms with Crippen molar-refractivity contribution in [2.45, 2.75) is 83.0 Å². The molecule has 0 spiro atoms. The van der Waals surface area contributed by atoms with Gasteiger partial charge in [0.25, 0.3) is 0 Å². The van der Waals surface area contributed by atoms with Crippen LogP contribution in [0.25, 0.3) is 0 Å². The summed E-state index contributed by atoms with van der Waals surface area (Å²) in [7, 11) is 0. The minimum atomic E-state index is -0.670. The zero-order chi connectivity index (χ0) is 21.7. The Morgan fingerprint density at radius 1 is 1.10 bits per heavy atom. The second-order valence-corrected chi connectivity index (χ2v) is 9.91. The van der Waals surface area contributed by atoms with Gasteiger partial charge in [-0.25, -0.2) is 4.79 Å². The molecule has 0 unspecified atom stereocenters. The van der Waals surface area contributed by atoms with Gasteiger partial charge < -0.3 is 20.3 Å². The van der Waals surface area contributed by atoms with E-state index in [1.165, 1.54) is 32.1 Å². The van der Waals surface area contributed by atoms with Crippen molar-refractivity contribution in [1.29, 1.82) is 0 Å². The van der Waals surface area contributed by atoms with Gasteiger partial charge in [-0.2, -0.15) is 0 Å². The number of likely N-dealkylation sites (tertiary alicyclic amines) is 1. The number of carbonyl (C=O) groups excluding carboxylic acids is 2. The number of hydrogen-bond acceptors (Lipinski definition) is 4. The van der Waals surface area contributed by atoms with E-state index in [1.54, 1.807) is 32.9 Å². The van der Waals surface area contributed by atoms with Crippen LogP contribution in [0.5, 0.6) is 0 Å². The van der Waals surface area contributed by atoms with Gasteiger partial charge in [-0.1, -0.05) is 43.0 Å². The average molecular weight is 436 g/mol. The van der Waals surface area contributed by atoms with E-state index in [-0.39, 0.29) is 5.91 Å². The van der Waals surface area contributed by atoms with Crippen LogP contribution in [0.2, 0.25) is 5.02 Å². The van der Waals surface area contributed by atoms with Gasteiger partial charge in [0.05, 0.1) is 0 Å². The molecule has 7 heteroatoms. The lowest BCUT2D eigenvalue weighted by molar-refractivity contribution is -0.138. The molecule has 1 saturated heterocycles. The lowest BCUT2D eigenvalue weighted by atomic mass is 9.93. The molecule has 166 valence electrons. The molecule has 1 aliphatic carbocycles. The largest absolute Gasteiger partial charge is 0.444 e. The monoisotopic (exact) mass is 435 g/mol. The van der Waals surface area contributed by atoms with Crippen LogP contribution in [0.1, 0.15) is 58.4 Å². The Bertz CT molecular complexity index is 720. The molecule has 2 aliphatic rings. The second kappa shape index (κ2) is 10.0. The van der Waals surface area contributed by atoms with Crippen molar-refractivity contribution < 1.29 is 14.3 Å². The smallest absolute Gasteiger partial charge is 0.408 e. The second-order valence-electron chi connectivity index (χ2n) is 9.47. The van der Waals surface area contributed by atoms with Gasteiger partial charge in [0.2, 0.25) is 5.91 Å². The first-order valence-electron chi connectivity index (χ1n) is 11.0. The molecular weight excluding hydrogens is 402 g/mol. The van der Waals surface area contributed by atoms with E-state index in [4.69, 9.17) is 16.3 Å². The number of alkyl carbamates (subject to hydrolysis) is 1. The highest BCUT2D eigenvalue weighted by molar-refractivity contribution is 6.30. The zero-order valence-corrected chi connectivity index (χ0v) is 19.0. The fraction of sp³-hybridized carbons (Fsp3) is 0.652. The van der Waals surface area contributed by atoms with E-state index >= 15 is 0 Å². The topological polar surface area (TPSA) is 70.7 Å². The third-order valence-corrected chi connectivity index (χ3v) is 5.86. The summed E-state index contributed by atoms with van der Waals surface area (Å²) in [5.74, 6) is -0.0718. The first-order chi connectivity index (χ1) is 14.2. The lowest BCUT2D eigenvalue weighted by Gasteiger charge is -2.43. The molecule has 6 nitrogen and oxygen atoms in total. The molecule has 1 atom stereocenters. The predicted octanol–water partition coefficient (Wildman–Crippen LogP) is 3.91. The summed E-state index contributed by atoms with van der Waals surface area (Å²) in [5, 5.41) is 7.10. The number of halogens is 1. The van der Waals surface area contributed by atoms with Gasteiger partial charge in [0.15, 0.2) is 0 Å². The number of benzene rings is 1. The highest BCUT2D eigenvalue weighted by atomic mass is 35.5. The van der Waals surface area contributed by atoms with Gasteiger partial charge in [0, 0.05) is 36.6 Å². The SMILES string of the molecule is CC(C)(C)OC(=O)N[C@H](Cc1ccc(Cl)cc1)C(=O)N1CC(NC2CCCCC2)C1. The maximum atomic E-state index is 13.1. The Morgan fingerprint density at radius 2 is 1.73 bits per heavy atom. The summed E-state index contributed by atoms with van der Waals surface area (Å²) >= 11 is 5.97. The predicted molar refractivity (Wildman–Crippen MR) is 119 cm³/mol. The molecule has 30 heavy (non-hydrogen) atoms. The zero-order valence-electron chi connectivity index (χ0n) is 18.2. The molecule has 0 aromatic heterocycles. The van der Waals surface area contributed by atoms with Gasteiger partial charge >= 0.3 is 6.09 Å². The van der Waals surface area contributed by atoms with E-state index in [1.807, 2.05) is 17.0 Å². The summed E-state index contributed by atoms with van der Waals surface area (Å²) < 4.78 is 5.37. The van der Waals surface area contributed by atoms with Crippen LogP contribution in [0.3, 0.4) is 0 Å². The normalized spacial score (nSPS) is 19.1. The summed E-state index contributed by atoms with van der Waals surface area (Å²) in [6.07, 6.45) is 6.18. The van der Waals surface area contributed by atoms with Crippen molar-refractivity contribution in [1.82, 2.24) is 15.5 Å². The number of nitrogens with one attached hydrogen (secondary N) is 2. The third kappa shape index (κ3) is 6.88. The molecule has 2 N–H and O–H groups in total. The van der Waals surface area contributed by atoms with E-state index in [0.717, 1.165) is 5.56 Å². The Balaban J connectivity index is 1.58. The molecule has 1 heterocycles. The van der Waals surface area contributed by atoms with Crippen LogP contribution < -0.4 is 10.6 Å². The number of carbonyl (C=O) groups is 2. The van der Waals surface area contributed by atoms with Crippen molar-refractivity contribution >= 4 is 23.6 Å². The van der Waals surface area contributed by atoms with Crippen LogP contribution >= 0.6 is 11.6 Å². The summed E-state index contributed by atoms with van der Waals surface area (Å²) in [4.78, 5) is 27.3. The number of ether oxygens (including phenoxy) is 1. The minimum absolute atomic E-state index is 0.0718. The van der Waals surface area contributed by atoms with Crippen LogP contribution in [0, 0.1) is 0 Å². The Kier molecular flexibility index (Phi) is 7.64. The molecule has 0 bridgehead atoms. The number of nitrogens with zero attached hydrogens (tertiary/aromatic N) is 1. The third-order valence-electron chi connectivity index (χ3n) is 5.61. The first-order valence-corrected chi connectivity index (χ1v) is 11.4. The summed E-state index contributed by atoms with van der Waals surface area (Å²) in [6.45, 7) is 6.78. The highest BCUT2D eigenvalue weighted by Gasteiger charge is 2.36. The molecule has 0 radical (unpaired) electrons. The van der Waals surface area contributed by atoms with E-state index in [2.05, 4.69) is 10.6 Å². The molecule has 3 rings (SSSR count). The first kappa shape index (κ1) is 22.9. The van der Waals surface area contributed by atoms with E-state index < -0.39 is 17.7 Å². The Morgan fingerprint density at radius 3 is 2.33 bits per heavy atom. The van der Waals surface area contributed by atoms with Gasteiger partial charge in [0.1, 0.15) is 11.6 Å². The summed E-state index contributed by atoms with van der Waals surface area (Å²) in [6, 6.07) is 7.59. The average Bonchev–Trinajstić information content (AvgIpc) is 2.64. The van der Waals surface area contributed by atoms with Crippen LogP contribution in [-0.2, 0) is 16.0 Å². The quantitative estimate of drug-likeness (QED) is 0.710. The highest BCUT2D eigenvalue weighted by Crippen LogP contribution is 2.21. The Labute approximate surface area is 184 Å². The number of hydrogen-bond donors (Lipinski definition) is 2. The molecule has 1 aromatic carbocycles. The molecular formula is C23H34ClN3O3. The van der Waals surface area contributed by atoms with Crippen molar-refractivity contribution in [2.24, 2.45) is 0 Å². The van der Waals surface area contributed by atoms with Crippen LogP contribution in [0.15, 0.2) is 24.3 Å². The van der Waals surface area contributed by atoms with Gasteiger partial charge in [-0.05, 0) is 51.3 Å². The molecule has 2 fully saturated rings. The Hall–Kier alpha value is -1.79. The van der Waals surface area contributed by atoms with E-state index in [9.17, 15) is 9.59 Å². The number of rotatable bonds is 6. The minimum Gasteiger partial charge on any atom is -0.444 e. The standard InChI is InChI=1S/C23H34ClN3O3/c1-23(2,3)30-22(29)26-20(13-16-9-11-17(24)12-10-16)21(28)27-14-19(15-27)25-18-7-5-4-6-8-18/h9-12,18-20,25H,4-8,13-15H2,1-3H3,(H,26,29)/t20-/m1/s1. The lowest BCUT2D eigenvalue weighted by Crippen LogP contribution is -2.65. The van der Waals surface area contributed by atoms with E-state index in [0.29, 0.717) is 36.6 Å². The molecule has 1 aromatic rings. The fourth-order valence-corrected chi connectivity index (χ4v) is 4.22. The van der Waals surface area contributed by atoms with Crippen molar-refractivity contribution in [3.63, 3.8) is 0 Å². The fourth-order valence-electron chi connectivity index (χ4n) is 4.09. The van der Waals surface area contributed by atoms with Crippen molar-refractivity contribution in [3.8, 4) is 0 Å². The van der Waals surface area contributed by atoms with Crippen LogP contribution in [-0.4, -0.2) is 53.7 Å².